The number of allylic oxidation sites excluding steroid dienone is 3. The number of nitrogens with zero attached hydrogens (tertiary/aromatic N) is 15. The molecule has 598 valence electrons. The average Bonchev–Trinajstić information content (AvgIpc) is 1.67. The lowest BCUT2D eigenvalue weighted by atomic mass is 10.0. The number of ether oxygens (including phenoxy) is 4. The monoisotopic (exact) mass is 1590 g/mol. The molecule has 116 heavy (non-hydrogen) atoms. The summed E-state index contributed by atoms with van der Waals surface area (Å²) < 4.78 is 69.0. The Morgan fingerprint density at radius 1 is 0.534 bits per heavy atom. The number of aromatic amines is 1. The summed E-state index contributed by atoms with van der Waals surface area (Å²) in [7, 11) is 1.81. The molecule has 17 rings (SSSR count). The van der Waals surface area contributed by atoms with E-state index in [1.54, 1.807) is 59.5 Å². The standard InChI is InChI=1S/C30H31FN6O3.C25H23FN6O2.C20H19ClN4O2.C11H16FN3/c1-2-23(38)17-20-6-5-7-21(16-20)28-24-19-32-37(27-8-3-4-13-40-27)29(24)35-30(34-28)33-22-9-10-25(31)26(18-22)36-11-14-39-15-12-36;1-2-19(33)13-16-4-3-5-17(12-16)23-20-15-27-31-24(20)30-25(29-23)28-18-6-7-21(26)22(14-18)32-8-10-34-11-9-32;1-2-15(26)11-13-6-5-7-14(10-13)18-16-12-22-25(17-8-3-4-9-27-17)19(16)24-20(21)23-18;1-14-5-6-15(8-11(14)12)10-4-2-3-9(13)7-10/h2,5-7,9-10,16,18-19,27H,1,3-4,8,11-15,17H2,(H,33,34,35);2-7,12,14-15H,1,8-11,13H2,(H2,27,28,29,30,31);2,5-7,10,12,17H,1,3-4,8-9,11H2;2-4,7,11H,5-6,8,13H2,1H3. The summed E-state index contributed by atoms with van der Waals surface area (Å²) in [6.45, 7) is 18.8. The van der Waals surface area contributed by atoms with Gasteiger partial charge in [-0.05, 0) is 165 Å². The van der Waals surface area contributed by atoms with E-state index in [0.717, 1.165) is 119 Å². The van der Waals surface area contributed by atoms with Gasteiger partial charge in [0.2, 0.25) is 17.2 Å². The predicted molar refractivity (Wildman–Crippen MR) is 444 cm³/mol. The number of fused-ring (bicyclic) bond motifs is 3. The maximum atomic E-state index is 14.8. The van der Waals surface area contributed by atoms with Crippen LogP contribution in [0.4, 0.5) is 59.2 Å². The second kappa shape index (κ2) is 37.9. The third kappa shape index (κ3) is 19.8. The minimum Gasteiger partial charge on any atom is -0.399 e. The first-order valence-corrected chi connectivity index (χ1v) is 39.0. The molecular weight excluding hydrogens is 1500 g/mol. The minimum atomic E-state index is -0.889. The fourth-order valence-corrected chi connectivity index (χ4v) is 14.5. The molecule has 6 aromatic carbocycles. The maximum Gasteiger partial charge on any atom is 0.229 e. The topological polar surface area (TPSA) is 293 Å². The maximum absolute atomic E-state index is 14.8. The summed E-state index contributed by atoms with van der Waals surface area (Å²) in [6, 6.07) is 40.4. The first-order valence-electron chi connectivity index (χ1n) is 38.6. The molecule has 12 aromatic rings. The third-order valence-corrected chi connectivity index (χ3v) is 20.6. The van der Waals surface area contributed by atoms with Crippen molar-refractivity contribution >= 4 is 108 Å². The number of H-pyrrole nitrogens is 1. The highest BCUT2D eigenvalue weighted by molar-refractivity contribution is 6.28. The lowest BCUT2D eigenvalue weighted by molar-refractivity contribution is -0.114. The van der Waals surface area contributed by atoms with E-state index in [1.807, 2.05) is 116 Å². The van der Waals surface area contributed by atoms with Gasteiger partial charge in [-0.15, -0.1) is 0 Å². The average molecular weight is 1590 g/mol. The van der Waals surface area contributed by atoms with E-state index >= 15 is 0 Å². The van der Waals surface area contributed by atoms with E-state index < -0.39 is 6.30 Å². The number of nitrogens with one attached hydrogen (secondary N) is 3. The number of ketones is 3. The smallest absolute Gasteiger partial charge is 0.229 e. The summed E-state index contributed by atoms with van der Waals surface area (Å²) >= 11 is 6.22. The number of benzene rings is 6. The number of carbonyl (C=O) groups is 3. The van der Waals surface area contributed by atoms with Crippen molar-refractivity contribution in [3.8, 4) is 33.8 Å². The molecule has 0 amide bonds. The highest BCUT2D eigenvalue weighted by Crippen LogP contribution is 2.37. The van der Waals surface area contributed by atoms with E-state index in [-0.39, 0.29) is 59.6 Å². The van der Waals surface area contributed by atoms with Gasteiger partial charge in [0, 0.05) is 111 Å². The lowest BCUT2D eigenvalue weighted by Gasteiger charge is -2.36. The first kappa shape index (κ1) is 80.5. The Labute approximate surface area is 673 Å². The Morgan fingerprint density at radius 2 is 1.01 bits per heavy atom. The molecule has 5 aliphatic rings. The summed E-state index contributed by atoms with van der Waals surface area (Å²) in [5, 5.41) is 25.1. The molecule has 5 fully saturated rings. The van der Waals surface area contributed by atoms with Crippen LogP contribution < -0.4 is 31.1 Å². The third-order valence-electron chi connectivity index (χ3n) is 20.4. The molecule has 6 aromatic heterocycles. The van der Waals surface area contributed by atoms with Gasteiger partial charge in [-0.25, -0.2) is 37.5 Å². The SMILES string of the molecule is C=CC(=O)Cc1cccc(-c2nc(Cl)nc3c2cnn3C2CCCCO2)c1.C=CC(=O)Cc1cccc(-c2nc(Nc3ccc(F)c(N4CCOCC4)c3)nc3[nH]ncc23)c1.C=CC(=O)Cc1cccc(-c2nc(Nc3ccc(F)c(N4CCOCC4)c3)nc3c2cnn3C2CCCCO2)c1.CN1CCN(c2cccc(N)c2)CC1F. The van der Waals surface area contributed by atoms with Crippen molar-refractivity contribution < 1.29 is 46.5 Å². The number of morpholine rings is 2. The Hall–Kier alpha value is -12.1. The lowest BCUT2D eigenvalue weighted by Crippen LogP contribution is -2.49. The fraction of sp³-hybridized carbons (Fsp3) is 0.302. The van der Waals surface area contributed by atoms with Gasteiger partial charge in [0.1, 0.15) is 11.6 Å². The van der Waals surface area contributed by atoms with E-state index in [2.05, 4.69) is 65.7 Å². The van der Waals surface area contributed by atoms with Crippen LogP contribution in [-0.4, -0.2) is 181 Å². The minimum absolute atomic E-state index is 0.0275. The molecule has 0 bridgehead atoms. The van der Waals surface area contributed by atoms with Gasteiger partial charge in [0.15, 0.2) is 53.0 Å². The summed E-state index contributed by atoms with van der Waals surface area (Å²) in [5.74, 6) is -0.0109. The Bertz CT molecular complexity index is 5520. The molecule has 11 heterocycles. The van der Waals surface area contributed by atoms with Gasteiger partial charge in [0.25, 0.3) is 0 Å². The van der Waals surface area contributed by atoms with Crippen LogP contribution in [0.1, 0.15) is 67.7 Å². The molecule has 0 spiro atoms. The van der Waals surface area contributed by atoms with Crippen molar-refractivity contribution in [2.24, 2.45) is 0 Å². The molecule has 5 saturated heterocycles. The van der Waals surface area contributed by atoms with Gasteiger partial charge in [0.05, 0.1) is 96.2 Å². The van der Waals surface area contributed by atoms with Gasteiger partial charge in [-0.1, -0.05) is 80.4 Å². The number of carbonyl (C=O) groups excluding carboxylic acids is 3. The molecule has 0 radical (unpaired) electrons. The first-order chi connectivity index (χ1) is 56.5. The zero-order valence-electron chi connectivity index (χ0n) is 64.2. The normalized spacial score (nSPS) is 17.1. The number of halogens is 4. The number of nitrogen functional groups attached to an aromatic ring is 1. The summed E-state index contributed by atoms with van der Waals surface area (Å²) in [4.78, 5) is 71.0. The molecule has 5 aliphatic heterocycles. The number of rotatable bonds is 21. The second-order valence-electron chi connectivity index (χ2n) is 28.4. The molecule has 0 aliphatic carbocycles. The van der Waals surface area contributed by atoms with Crippen LogP contribution in [-0.2, 0) is 52.6 Å². The van der Waals surface area contributed by atoms with E-state index in [0.29, 0.717) is 141 Å². The molecule has 26 nitrogen and oxygen atoms in total. The van der Waals surface area contributed by atoms with Crippen molar-refractivity contribution in [3.63, 3.8) is 0 Å². The highest BCUT2D eigenvalue weighted by Gasteiger charge is 2.28. The number of nitrogens with two attached hydrogens (primary N) is 1. The van der Waals surface area contributed by atoms with Crippen LogP contribution in [0, 0.1) is 11.6 Å². The predicted octanol–water partition coefficient (Wildman–Crippen LogP) is 14.7. The van der Waals surface area contributed by atoms with E-state index in [4.69, 9.17) is 51.2 Å². The van der Waals surface area contributed by atoms with Gasteiger partial charge < -0.3 is 50.0 Å². The highest BCUT2D eigenvalue weighted by atomic mass is 35.5. The molecule has 0 saturated carbocycles. The molecule has 30 heteroatoms. The van der Waals surface area contributed by atoms with Gasteiger partial charge >= 0.3 is 0 Å². The van der Waals surface area contributed by atoms with Crippen LogP contribution in [0.5, 0.6) is 0 Å². The molecular formula is C86H89ClF3N19O7. The van der Waals surface area contributed by atoms with Gasteiger partial charge in [-0.3, -0.25) is 24.4 Å². The Kier molecular flexibility index (Phi) is 26.3. The largest absolute Gasteiger partial charge is 0.399 e. The Balaban J connectivity index is 0.000000133. The quantitative estimate of drug-likeness (QED) is 0.0225. The number of anilines is 8. The number of hydrogen-bond donors (Lipinski definition) is 4. The van der Waals surface area contributed by atoms with Crippen LogP contribution >= 0.6 is 11.6 Å². The number of aromatic nitrogens is 12. The number of hydrogen-bond acceptors (Lipinski definition) is 23. The van der Waals surface area contributed by atoms with Crippen LogP contribution in [0.3, 0.4) is 0 Å². The molecule has 5 N–H and O–H groups in total. The van der Waals surface area contributed by atoms with Crippen LogP contribution in [0.25, 0.3) is 66.9 Å². The van der Waals surface area contributed by atoms with Crippen LogP contribution in [0.15, 0.2) is 190 Å². The van der Waals surface area contributed by atoms with Crippen molar-refractivity contribution in [1.82, 2.24) is 64.6 Å². The van der Waals surface area contributed by atoms with Crippen LogP contribution in [0.2, 0.25) is 5.28 Å². The fourth-order valence-electron chi connectivity index (χ4n) is 14.3. The number of piperazine rings is 1. The molecule has 3 unspecified atom stereocenters. The van der Waals surface area contributed by atoms with Gasteiger partial charge in [-0.2, -0.15) is 30.2 Å². The zero-order chi connectivity index (χ0) is 80.6. The van der Waals surface area contributed by atoms with Crippen molar-refractivity contribution in [1.29, 1.82) is 0 Å². The summed E-state index contributed by atoms with van der Waals surface area (Å²) in [5.41, 5.74) is 18.8. The molecule has 3 atom stereocenters. The van der Waals surface area contributed by atoms with Crippen molar-refractivity contribution in [3.05, 3.63) is 224 Å². The van der Waals surface area contributed by atoms with Crippen molar-refractivity contribution in [2.45, 2.75) is 76.5 Å². The van der Waals surface area contributed by atoms with E-state index in [1.165, 1.54) is 30.4 Å². The summed E-state index contributed by atoms with van der Waals surface area (Å²) in [6.07, 6.45) is 14.7. The Morgan fingerprint density at radius 3 is 1.48 bits per heavy atom. The number of likely N-dealkylation sites (N-methyl/N-ethyl adjacent to an activating group) is 1. The zero-order valence-corrected chi connectivity index (χ0v) is 65.0. The van der Waals surface area contributed by atoms with E-state index in [9.17, 15) is 27.6 Å². The van der Waals surface area contributed by atoms with Crippen molar-refractivity contribution in [2.75, 3.05) is 124 Å². The second-order valence-corrected chi connectivity index (χ2v) is 28.8. The number of alkyl halides is 1.